The molecule has 1 N–H and O–H groups in total. The van der Waals surface area contributed by atoms with Crippen LogP contribution in [0.15, 0.2) is 24.3 Å². The fraction of sp³-hybridized carbons (Fsp3) is 0.625. The Morgan fingerprint density at radius 2 is 1.60 bits per heavy atom. The zero-order valence-corrected chi connectivity index (χ0v) is 12.2. The van der Waals surface area contributed by atoms with Gasteiger partial charge < -0.3 is 0 Å². The monoisotopic (exact) mass is 285 g/mol. The van der Waals surface area contributed by atoms with Crippen LogP contribution in [-0.4, -0.2) is 12.2 Å². The van der Waals surface area contributed by atoms with Crippen molar-refractivity contribution in [2.24, 2.45) is 0 Å². The Bertz CT molecular complexity index is 442. The van der Waals surface area contributed by atoms with Gasteiger partial charge in [-0.25, -0.2) is 0 Å². The van der Waals surface area contributed by atoms with Gasteiger partial charge in [-0.3, -0.25) is 5.32 Å². The first-order valence-electron chi connectivity index (χ1n) is 7.11. The number of hydrogen-bond acceptors (Lipinski definition) is 1. The van der Waals surface area contributed by atoms with E-state index in [4.69, 9.17) is 0 Å². The number of rotatable bonds is 1. The molecule has 1 aromatic rings. The summed E-state index contributed by atoms with van der Waals surface area (Å²) in [5, 5.41) is 2.74. The van der Waals surface area contributed by atoms with Gasteiger partial charge in [-0.15, -0.1) is 0 Å². The largest absolute Gasteiger partial charge is 0.403 e. The average molecular weight is 285 g/mol. The van der Waals surface area contributed by atoms with Gasteiger partial charge in [-0.05, 0) is 35.8 Å². The highest BCUT2D eigenvalue weighted by molar-refractivity contribution is 5.29. The summed E-state index contributed by atoms with van der Waals surface area (Å²) < 4.78 is 38.4. The standard InChI is InChI=1S/C16H22F3N/c1-15(2,3)12-9-7-11(8-10-12)13-5-4-6-14(20-13)16(17,18)19/h7-10,13-14,20H,4-6H2,1-3H3. The smallest absolute Gasteiger partial charge is 0.299 e. The normalized spacial score (nSPS) is 24.7. The average Bonchev–Trinajstić information content (AvgIpc) is 2.37. The van der Waals surface area contributed by atoms with E-state index in [1.807, 2.05) is 24.3 Å². The van der Waals surface area contributed by atoms with E-state index in [1.54, 1.807) is 0 Å². The molecular formula is C16H22F3N. The molecule has 2 unspecified atom stereocenters. The number of piperidine rings is 1. The lowest BCUT2D eigenvalue weighted by Gasteiger charge is -2.32. The second kappa shape index (κ2) is 5.40. The Hall–Kier alpha value is -1.03. The Labute approximate surface area is 118 Å². The van der Waals surface area contributed by atoms with Crippen LogP contribution in [0.2, 0.25) is 0 Å². The van der Waals surface area contributed by atoms with Crippen molar-refractivity contribution < 1.29 is 13.2 Å². The first-order valence-corrected chi connectivity index (χ1v) is 7.11. The van der Waals surface area contributed by atoms with Crippen LogP contribution in [0, 0.1) is 0 Å². The summed E-state index contributed by atoms with van der Waals surface area (Å²) in [5.41, 5.74) is 2.21. The van der Waals surface area contributed by atoms with Crippen molar-refractivity contribution in [3.63, 3.8) is 0 Å². The van der Waals surface area contributed by atoms with Gasteiger partial charge in [0, 0.05) is 6.04 Å². The lowest BCUT2D eigenvalue weighted by molar-refractivity contribution is -0.163. The van der Waals surface area contributed by atoms with Crippen LogP contribution in [-0.2, 0) is 5.41 Å². The van der Waals surface area contributed by atoms with Gasteiger partial charge in [0.15, 0.2) is 0 Å². The number of benzene rings is 1. The maximum atomic E-state index is 12.8. The number of nitrogens with one attached hydrogen (secondary N) is 1. The third-order valence-electron chi connectivity index (χ3n) is 3.96. The molecule has 0 bridgehead atoms. The third-order valence-corrected chi connectivity index (χ3v) is 3.96. The number of hydrogen-bond donors (Lipinski definition) is 1. The van der Waals surface area contributed by atoms with E-state index in [1.165, 1.54) is 5.56 Å². The van der Waals surface area contributed by atoms with Gasteiger partial charge in [0.2, 0.25) is 0 Å². The first kappa shape index (κ1) is 15.4. The van der Waals surface area contributed by atoms with Crippen molar-refractivity contribution in [2.75, 3.05) is 0 Å². The molecule has 0 aromatic heterocycles. The lowest BCUT2D eigenvalue weighted by atomic mass is 9.85. The third kappa shape index (κ3) is 3.54. The van der Waals surface area contributed by atoms with Crippen molar-refractivity contribution in [2.45, 2.75) is 63.7 Å². The molecule has 1 heterocycles. The van der Waals surface area contributed by atoms with Crippen LogP contribution in [0.5, 0.6) is 0 Å². The molecule has 0 amide bonds. The zero-order chi connectivity index (χ0) is 15.0. The number of halogens is 3. The van der Waals surface area contributed by atoms with E-state index in [0.717, 1.165) is 12.0 Å². The molecule has 2 rings (SSSR count). The van der Waals surface area contributed by atoms with Crippen LogP contribution in [0.1, 0.15) is 57.2 Å². The summed E-state index contributed by atoms with van der Waals surface area (Å²) in [7, 11) is 0. The fourth-order valence-corrected chi connectivity index (χ4v) is 2.67. The quantitative estimate of drug-likeness (QED) is 0.786. The second-order valence-corrected chi connectivity index (χ2v) is 6.62. The Morgan fingerprint density at radius 3 is 2.10 bits per heavy atom. The molecule has 0 saturated carbocycles. The molecule has 4 heteroatoms. The van der Waals surface area contributed by atoms with Crippen molar-refractivity contribution in [1.82, 2.24) is 5.32 Å². The van der Waals surface area contributed by atoms with E-state index in [2.05, 4.69) is 26.1 Å². The predicted molar refractivity (Wildman–Crippen MR) is 74.7 cm³/mol. The molecule has 1 aliphatic heterocycles. The molecule has 0 spiro atoms. The SMILES string of the molecule is CC(C)(C)c1ccc(C2CCCC(C(F)(F)F)N2)cc1. The summed E-state index contributed by atoms with van der Waals surface area (Å²) in [6, 6.07) is 6.39. The summed E-state index contributed by atoms with van der Waals surface area (Å²) in [6.07, 6.45) is -2.59. The van der Waals surface area contributed by atoms with E-state index < -0.39 is 12.2 Å². The topological polar surface area (TPSA) is 12.0 Å². The minimum Gasteiger partial charge on any atom is -0.299 e. The summed E-state index contributed by atoms with van der Waals surface area (Å²) in [4.78, 5) is 0. The van der Waals surface area contributed by atoms with E-state index in [9.17, 15) is 13.2 Å². The van der Waals surface area contributed by atoms with Gasteiger partial charge in [0.1, 0.15) is 6.04 Å². The maximum Gasteiger partial charge on any atom is 0.403 e. The highest BCUT2D eigenvalue weighted by atomic mass is 19.4. The van der Waals surface area contributed by atoms with Crippen LogP contribution < -0.4 is 5.32 Å². The van der Waals surface area contributed by atoms with Crippen LogP contribution in [0.3, 0.4) is 0 Å². The molecule has 1 nitrogen and oxygen atoms in total. The van der Waals surface area contributed by atoms with Crippen molar-refractivity contribution >= 4 is 0 Å². The van der Waals surface area contributed by atoms with Gasteiger partial charge in [-0.2, -0.15) is 13.2 Å². The molecule has 1 aromatic carbocycles. The highest BCUT2D eigenvalue weighted by Gasteiger charge is 2.42. The molecule has 112 valence electrons. The summed E-state index contributed by atoms with van der Waals surface area (Å²) in [5.74, 6) is 0. The first-order chi connectivity index (χ1) is 9.18. The van der Waals surface area contributed by atoms with Crippen molar-refractivity contribution in [3.05, 3.63) is 35.4 Å². The lowest BCUT2D eigenvalue weighted by Crippen LogP contribution is -2.46. The molecule has 1 fully saturated rings. The second-order valence-electron chi connectivity index (χ2n) is 6.62. The van der Waals surface area contributed by atoms with Crippen molar-refractivity contribution in [3.8, 4) is 0 Å². The molecular weight excluding hydrogens is 263 g/mol. The van der Waals surface area contributed by atoms with Gasteiger partial charge in [-0.1, -0.05) is 45.0 Å². The highest BCUT2D eigenvalue weighted by Crippen LogP contribution is 2.33. The van der Waals surface area contributed by atoms with Crippen LogP contribution in [0.25, 0.3) is 0 Å². The van der Waals surface area contributed by atoms with E-state index >= 15 is 0 Å². The Balaban J connectivity index is 2.12. The van der Waals surface area contributed by atoms with Gasteiger partial charge in [0.05, 0.1) is 0 Å². The Kier molecular flexibility index (Phi) is 4.14. The fourth-order valence-electron chi connectivity index (χ4n) is 2.67. The Morgan fingerprint density at radius 1 is 1.00 bits per heavy atom. The minimum absolute atomic E-state index is 0.0625. The summed E-state index contributed by atoms with van der Waals surface area (Å²) in [6.45, 7) is 6.38. The predicted octanol–water partition coefficient (Wildman–Crippen LogP) is 4.73. The van der Waals surface area contributed by atoms with Gasteiger partial charge in [0.25, 0.3) is 0 Å². The molecule has 2 atom stereocenters. The number of alkyl halides is 3. The minimum atomic E-state index is -4.15. The van der Waals surface area contributed by atoms with Gasteiger partial charge >= 0.3 is 6.18 Å². The van der Waals surface area contributed by atoms with E-state index in [0.29, 0.717) is 6.42 Å². The van der Waals surface area contributed by atoms with E-state index in [-0.39, 0.29) is 17.9 Å². The van der Waals surface area contributed by atoms with Crippen LogP contribution >= 0.6 is 0 Å². The molecule has 0 radical (unpaired) electrons. The van der Waals surface area contributed by atoms with Crippen LogP contribution in [0.4, 0.5) is 13.2 Å². The maximum absolute atomic E-state index is 12.8. The molecule has 1 saturated heterocycles. The van der Waals surface area contributed by atoms with Crippen molar-refractivity contribution in [1.29, 1.82) is 0 Å². The molecule has 20 heavy (non-hydrogen) atoms. The molecule has 1 aliphatic rings. The molecule has 0 aliphatic carbocycles. The zero-order valence-electron chi connectivity index (χ0n) is 12.2. The summed E-state index contributed by atoms with van der Waals surface area (Å²) >= 11 is 0.